The maximum Gasteiger partial charge on any atom is 0.387 e. The number of nitrogens with zero attached hydrogens (tertiary/aromatic N) is 1. The van der Waals surface area contributed by atoms with Crippen molar-refractivity contribution in [1.29, 1.82) is 0 Å². The standard InChI is InChI=1S/C15H22F2N2O2.2ClH/c1-10(18)13-6-5-12(8-14(13)21-15(16)17)20-9-11-4-3-7-19(11)2;;/h5-6,8,10-11,15H,3-4,7,9,18H2,1-2H3;2*1H/t10-,11+;;/m0../s1. The second-order valence-electron chi connectivity index (χ2n) is 5.45. The first kappa shape index (κ1) is 22.2. The number of likely N-dealkylation sites (tertiary alicyclic amines) is 1. The molecule has 23 heavy (non-hydrogen) atoms. The first-order chi connectivity index (χ1) is 9.97. The molecule has 1 saturated heterocycles. The fraction of sp³-hybridized carbons (Fsp3) is 0.600. The number of likely N-dealkylation sites (N-methyl/N-ethyl adjacent to an activating group) is 1. The lowest BCUT2D eigenvalue weighted by atomic mass is 10.1. The molecule has 8 heteroatoms. The van der Waals surface area contributed by atoms with Crippen molar-refractivity contribution in [3.05, 3.63) is 23.8 Å². The summed E-state index contributed by atoms with van der Waals surface area (Å²) in [4.78, 5) is 2.24. The highest BCUT2D eigenvalue weighted by molar-refractivity contribution is 5.85. The molecule has 0 saturated carbocycles. The zero-order valence-corrected chi connectivity index (χ0v) is 14.8. The van der Waals surface area contributed by atoms with Gasteiger partial charge in [-0.2, -0.15) is 8.78 Å². The molecule has 1 aromatic rings. The Hall–Kier alpha value is -0.820. The van der Waals surface area contributed by atoms with Crippen LogP contribution in [0, 0.1) is 0 Å². The Morgan fingerprint density at radius 1 is 1.35 bits per heavy atom. The second kappa shape index (κ2) is 10.1. The quantitative estimate of drug-likeness (QED) is 0.828. The van der Waals surface area contributed by atoms with Crippen LogP contribution in [-0.4, -0.2) is 37.8 Å². The summed E-state index contributed by atoms with van der Waals surface area (Å²) in [5, 5.41) is 0. The third kappa shape index (κ3) is 6.30. The number of nitrogens with two attached hydrogens (primary N) is 1. The summed E-state index contributed by atoms with van der Waals surface area (Å²) < 4.78 is 35.2. The molecule has 1 fully saturated rings. The normalized spacial score (nSPS) is 19.0. The molecule has 4 nitrogen and oxygen atoms in total. The lowest BCUT2D eigenvalue weighted by Crippen LogP contribution is -2.30. The van der Waals surface area contributed by atoms with Gasteiger partial charge < -0.3 is 20.1 Å². The Morgan fingerprint density at radius 3 is 2.57 bits per heavy atom. The van der Waals surface area contributed by atoms with Gasteiger partial charge in [0.25, 0.3) is 0 Å². The highest BCUT2D eigenvalue weighted by Gasteiger charge is 2.21. The minimum atomic E-state index is -2.88. The molecule has 1 aliphatic heterocycles. The van der Waals surface area contributed by atoms with Crippen LogP contribution in [-0.2, 0) is 0 Å². The van der Waals surface area contributed by atoms with Crippen molar-refractivity contribution in [2.24, 2.45) is 5.73 Å². The lowest BCUT2D eigenvalue weighted by Gasteiger charge is -2.20. The van der Waals surface area contributed by atoms with Gasteiger partial charge in [-0.1, -0.05) is 6.07 Å². The predicted octanol–water partition coefficient (Wildman–Crippen LogP) is 3.62. The fourth-order valence-corrected chi connectivity index (χ4v) is 2.56. The minimum Gasteiger partial charge on any atom is -0.492 e. The van der Waals surface area contributed by atoms with Crippen LogP contribution < -0.4 is 15.2 Å². The molecule has 2 atom stereocenters. The van der Waals surface area contributed by atoms with E-state index < -0.39 is 6.61 Å². The summed E-state index contributed by atoms with van der Waals surface area (Å²) in [5.41, 5.74) is 6.30. The highest BCUT2D eigenvalue weighted by Crippen LogP contribution is 2.30. The van der Waals surface area contributed by atoms with Gasteiger partial charge >= 0.3 is 6.61 Å². The van der Waals surface area contributed by atoms with Crippen LogP contribution in [0.5, 0.6) is 11.5 Å². The average Bonchev–Trinajstić information content (AvgIpc) is 2.81. The average molecular weight is 373 g/mol. The predicted molar refractivity (Wildman–Crippen MR) is 91.3 cm³/mol. The topological polar surface area (TPSA) is 47.7 Å². The zero-order chi connectivity index (χ0) is 15.4. The van der Waals surface area contributed by atoms with Gasteiger partial charge in [0.05, 0.1) is 0 Å². The van der Waals surface area contributed by atoms with E-state index >= 15 is 0 Å². The number of hydrogen-bond donors (Lipinski definition) is 1. The molecule has 0 radical (unpaired) electrons. The molecule has 1 aliphatic rings. The van der Waals surface area contributed by atoms with E-state index in [1.165, 1.54) is 6.07 Å². The Kier molecular flexibility index (Phi) is 9.77. The van der Waals surface area contributed by atoms with Crippen LogP contribution in [0.3, 0.4) is 0 Å². The Balaban J connectivity index is 0.00000242. The first-order valence-electron chi connectivity index (χ1n) is 7.14. The van der Waals surface area contributed by atoms with Gasteiger partial charge in [-0.3, -0.25) is 0 Å². The molecule has 1 aromatic carbocycles. The van der Waals surface area contributed by atoms with Gasteiger partial charge in [0, 0.05) is 23.7 Å². The van der Waals surface area contributed by atoms with Crippen molar-refractivity contribution in [3.63, 3.8) is 0 Å². The fourth-order valence-electron chi connectivity index (χ4n) is 2.56. The molecule has 0 bridgehead atoms. The summed E-state index contributed by atoms with van der Waals surface area (Å²) >= 11 is 0. The highest BCUT2D eigenvalue weighted by atomic mass is 35.5. The van der Waals surface area contributed by atoms with Crippen molar-refractivity contribution in [1.82, 2.24) is 4.90 Å². The third-order valence-electron chi connectivity index (χ3n) is 3.81. The third-order valence-corrected chi connectivity index (χ3v) is 3.81. The maximum atomic E-state index is 12.5. The monoisotopic (exact) mass is 372 g/mol. The first-order valence-corrected chi connectivity index (χ1v) is 7.14. The van der Waals surface area contributed by atoms with E-state index in [1.807, 2.05) is 0 Å². The largest absolute Gasteiger partial charge is 0.492 e. The summed E-state index contributed by atoms with van der Waals surface area (Å²) in [6, 6.07) is 4.90. The zero-order valence-electron chi connectivity index (χ0n) is 13.2. The van der Waals surface area contributed by atoms with Gasteiger partial charge in [-0.25, -0.2) is 0 Å². The number of halogens is 4. The van der Waals surface area contributed by atoms with E-state index in [0.717, 1.165) is 19.4 Å². The van der Waals surface area contributed by atoms with Crippen molar-refractivity contribution < 1.29 is 18.3 Å². The number of benzene rings is 1. The van der Waals surface area contributed by atoms with Crippen LogP contribution in [0.2, 0.25) is 0 Å². The van der Waals surface area contributed by atoms with E-state index in [0.29, 0.717) is 24.0 Å². The molecule has 0 amide bonds. The van der Waals surface area contributed by atoms with Gasteiger partial charge in [-0.15, -0.1) is 24.8 Å². The summed E-state index contributed by atoms with van der Waals surface area (Å²) in [7, 11) is 2.06. The molecule has 2 rings (SSSR count). The molecular formula is C15H24Cl2F2N2O2. The molecule has 0 spiro atoms. The molecular weight excluding hydrogens is 349 g/mol. The van der Waals surface area contributed by atoms with Crippen LogP contribution in [0.25, 0.3) is 0 Å². The Bertz CT molecular complexity index is 479. The van der Waals surface area contributed by atoms with Crippen molar-refractivity contribution in [2.75, 3.05) is 20.2 Å². The molecule has 134 valence electrons. The smallest absolute Gasteiger partial charge is 0.387 e. The summed E-state index contributed by atoms with van der Waals surface area (Å²) in [6.45, 7) is 0.458. The van der Waals surface area contributed by atoms with Crippen LogP contribution in [0.4, 0.5) is 8.78 Å². The van der Waals surface area contributed by atoms with Crippen molar-refractivity contribution in [2.45, 2.75) is 38.5 Å². The van der Waals surface area contributed by atoms with Gasteiger partial charge in [0.2, 0.25) is 0 Å². The van der Waals surface area contributed by atoms with E-state index in [4.69, 9.17) is 10.5 Å². The van der Waals surface area contributed by atoms with E-state index in [-0.39, 0.29) is 36.6 Å². The number of ether oxygens (including phenoxy) is 2. The molecule has 0 aliphatic carbocycles. The van der Waals surface area contributed by atoms with Crippen molar-refractivity contribution in [3.8, 4) is 11.5 Å². The summed E-state index contributed by atoms with van der Waals surface area (Å²) in [5.74, 6) is 0.604. The SMILES string of the molecule is C[C@H](N)c1ccc(OC[C@H]2CCCN2C)cc1OC(F)F.Cl.Cl. The van der Waals surface area contributed by atoms with Crippen LogP contribution >= 0.6 is 24.8 Å². The second-order valence-corrected chi connectivity index (χ2v) is 5.45. The van der Waals surface area contributed by atoms with Gasteiger partial charge in [0.1, 0.15) is 18.1 Å². The molecule has 0 unspecified atom stereocenters. The Morgan fingerprint density at radius 2 is 2.04 bits per heavy atom. The molecule has 2 N–H and O–H groups in total. The van der Waals surface area contributed by atoms with Gasteiger partial charge in [-0.05, 0) is 39.4 Å². The number of alkyl halides is 2. The number of hydrogen-bond acceptors (Lipinski definition) is 4. The van der Waals surface area contributed by atoms with E-state index in [2.05, 4.69) is 16.7 Å². The molecule has 1 heterocycles. The van der Waals surface area contributed by atoms with Crippen LogP contribution in [0.1, 0.15) is 31.4 Å². The van der Waals surface area contributed by atoms with Crippen LogP contribution in [0.15, 0.2) is 18.2 Å². The Labute approximate surface area is 148 Å². The van der Waals surface area contributed by atoms with Crippen molar-refractivity contribution >= 4 is 24.8 Å². The number of rotatable bonds is 6. The van der Waals surface area contributed by atoms with Gasteiger partial charge in [0.15, 0.2) is 0 Å². The maximum absolute atomic E-state index is 12.5. The lowest BCUT2D eigenvalue weighted by molar-refractivity contribution is -0.0506. The molecule has 0 aromatic heterocycles. The minimum absolute atomic E-state index is 0. The van der Waals surface area contributed by atoms with E-state index in [9.17, 15) is 8.78 Å². The van der Waals surface area contributed by atoms with E-state index in [1.54, 1.807) is 19.1 Å². The summed E-state index contributed by atoms with van der Waals surface area (Å²) in [6.07, 6.45) is 2.25.